The highest BCUT2D eigenvalue weighted by Gasteiger charge is 2.13. The van der Waals surface area contributed by atoms with Crippen molar-refractivity contribution in [2.24, 2.45) is 0 Å². The average Bonchev–Trinajstić information content (AvgIpc) is 2.46. The Hall–Kier alpha value is -0.630. The van der Waals surface area contributed by atoms with Gasteiger partial charge in [0.25, 0.3) is 0 Å². The fraction of sp³-hybridized carbons (Fsp3) is 0.429. The zero-order valence-corrected chi connectivity index (χ0v) is 7.97. The first kappa shape index (κ1) is 9.46. The van der Waals surface area contributed by atoms with Crippen LogP contribution >= 0.6 is 23.7 Å². The average molecular weight is 202 g/mol. The largest absolute Gasteiger partial charge is 0.311 e. The van der Waals surface area contributed by atoms with Crippen molar-refractivity contribution in [1.82, 2.24) is 10.3 Å². The molecule has 0 fully saturated rings. The van der Waals surface area contributed by atoms with Crippen LogP contribution in [0.4, 0.5) is 0 Å². The van der Waals surface area contributed by atoms with Crippen molar-refractivity contribution in [1.29, 1.82) is 5.26 Å². The molecule has 0 radical (unpaired) electrons. The number of rotatable bonds is 0. The zero-order valence-electron chi connectivity index (χ0n) is 6.33. The lowest BCUT2D eigenvalue weighted by Crippen LogP contribution is -2.22. The Morgan fingerprint density at radius 1 is 1.58 bits per heavy atom. The van der Waals surface area contributed by atoms with Gasteiger partial charge in [-0.3, -0.25) is 0 Å². The molecular formula is C7H8ClN3S. The number of nitrogens with zero attached hydrogens (tertiary/aromatic N) is 2. The molecule has 0 aromatic carbocycles. The molecule has 0 bridgehead atoms. The highest BCUT2D eigenvalue weighted by Crippen LogP contribution is 2.20. The first-order valence-electron chi connectivity index (χ1n) is 3.49. The number of halogens is 1. The summed E-state index contributed by atoms with van der Waals surface area (Å²) in [6.45, 7) is 1.87. The third kappa shape index (κ3) is 1.58. The molecule has 0 saturated heterocycles. The van der Waals surface area contributed by atoms with Gasteiger partial charge in [0, 0.05) is 24.4 Å². The quantitative estimate of drug-likeness (QED) is 0.684. The maximum atomic E-state index is 8.56. The van der Waals surface area contributed by atoms with Crippen molar-refractivity contribution in [3.05, 3.63) is 15.6 Å². The van der Waals surface area contributed by atoms with E-state index in [2.05, 4.69) is 16.4 Å². The monoisotopic (exact) mass is 201 g/mol. The molecule has 1 aromatic rings. The highest BCUT2D eigenvalue weighted by molar-refractivity contribution is 7.12. The van der Waals surface area contributed by atoms with E-state index in [1.54, 1.807) is 0 Å². The first-order chi connectivity index (χ1) is 5.40. The van der Waals surface area contributed by atoms with E-state index in [1.807, 2.05) is 0 Å². The van der Waals surface area contributed by atoms with Gasteiger partial charge in [-0.05, 0) is 0 Å². The fourth-order valence-electron chi connectivity index (χ4n) is 1.17. The van der Waals surface area contributed by atoms with Crippen molar-refractivity contribution in [2.45, 2.75) is 13.0 Å². The summed E-state index contributed by atoms with van der Waals surface area (Å²) in [5, 5.41) is 12.4. The predicted molar refractivity (Wildman–Crippen MR) is 49.5 cm³/mol. The highest BCUT2D eigenvalue weighted by atomic mass is 35.5. The van der Waals surface area contributed by atoms with Crippen LogP contribution in [0.25, 0.3) is 0 Å². The maximum Gasteiger partial charge on any atom is 0.194 e. The normalized spacial score (nSPS) is 14.2. The van der Waals surface area contributed by atoms with Crippen LogP contribution < -0.4 is 5.32 Å². The Labute approximate surface area is 80.8 Å². The Morgan fingerprint density at radius 2 is 2.42 bits per heavy atom. The van der Waals surface area contributed by atoms with Crippen LogP contribution in [0, 0.1) is 11.3 Å². The van der Waals surface area contributed by atoms with Gasteiger partial charge in [0.1, 0.15) is 6.07 Å². The number of fused-ring (bicyclic) bond motifs is 1. The molecule has 0 amide bonds. The number of nitriles is 1. The SMILES string of the molecule is Cl.N#Cc1nc2c(s1)CNCC2. The first-order valence-corrected chi connectivity index (χ1v) is 4.31. The summed E-state index contributed by atoms with van der Waals surface area (Å²) in [4.78, 5) is 5.42. The molecule has 3 nitrogen and oxygen atoms in total. The van der Waals surface area contributed by atoms with Crippen LogP contribution in [0.5, 0.6) is 0 Å². The third-order valence-corrected chi connectivity index (χ3v) is 2.70. The van der Waals surface area contributed by atoms with Gasteiger partial charge in [-0.1, -0.05) is 0 Å². The van der Waals surface area contributed by atoms with E-state index >= 15 is 0 Å². The summed E-state index contributed by atoms with van der Waals surface area (Å²) in [5.41, 5.74) is 1.12. The lowest BCUT2D eigenvalue weighted by molar-refractivity contribution is 0.643. The minimum absolute atomic E-state index is 0. The minimum atomic E-state index is 0. The van der Waals surface area contributed by atoms with Crippen LogP contribution in [0.3, 0.4) is 0 Å². The molecule has 1 aromatic heterocycles. The number of nitrogens with one attached hydrogen (secondary N) is 1. The maximum absolute atomic E-state index is 8.56. The third-order valence-electron chi connectivity index (χ3n) is 1.70. The topological polar surface area (TPSA) is 48.7 Å². The lowest BCUT2D eigenvalue weighted by Gasteiger charge is -2.09. The van der Waals surface area contributed by atoms with Crippen LogP contribution in [-0.4, -0.2) is 11.5 Å². The lowest BCUT2D eigenvalue weighted by atomic mass is 10.2. The second-order valence-corrected chi connectivity index (χ2v) is 3.51. The summed E-state index contributed by atoms with van der Waals surface area (Å²) < 4.78 is 0. The molecule has 0 spiro atoms. The molecule has 2 heterocycles. The van der Waals surface area contributed by atoms with Gasteiger partial charge >= 0.3 is 0 Å². The van der Waals surface area contributed by atoms with Crippen LogP contribution in [0.15, 0.2) is 0 Å². The molecule has 0 aliphatic carbocycles. The van der Waals surface area contributed by atoms with E-state index in [-0.39, 0.29) is 12.4 Å². The minimum Gasteiger partial charge on any atom is -0.311 e. The molecule has 12 heavy (non-hydrogen) atoms. The smallest absolute Gasteiger partial charge is 0.194 e. The molecule has 0 atom stereocenters. The summed E-state index contributed by atoms with van der Waals surface area (Å²) in [6.07, 6.45) is 0.966. The van der Waals surface area contributed by atoms with Crippen molar-refractivity contribution in [3.8, 4) is 6.07 Å². The Bertz CT molecular complexity index is 291. The van der Waals surface area contributed by atoms with Crippen molar-refractivity contribution >= 4 is 23.7 Å². The van der Waals surface area contributed by atoms with Gasteiger partial charge in [0.2, 0.25) is 0 Å². The van der Waals surface area contributed by atoms with E-state index in [1.165, 1.54) is 16.2 Å². The summed E-state index contributed by atoms with van der Waals surface area (Å²) in [6, 6.07) is 2.06. The second-order valence-electron chi connectivity index (χ2n) is 2.43. The van der Waals surface area contributed by atoms with Gasteiger partial charge in [-0.15, -0.1) is 23.7 Å². The van der Waals surface area contributed by atoms with Gasteiger partial charge in [0.05, 0.1) is 5.69 Å². The molecule has 64 valence electrons. The zero-order chi connectivity index (χ0) is 7.68. The molecule has 1 aliphatic heterocycles. The molecule has 1 N–H and O–H groups in total. The van der Waals surface area contributed by atoms with E-state index < -0.39 is 0 Å². The van der Waals surface area contributed by atoms with E-state index in [9.17, 15) is 0 Å². The summed E-state index contributed by atoms with van der Waals surface area (Å²) >= 11 is 1.50. The van der Waals surface area contributed by atoms with Gasteiger partial charge in [0.15, 0.2) is 5.01 Å². The fourth-order valence-corrected chi connectivity index (χ4v) is 2.05. The Kier molecular flexibility index (Phi) is 3.04. The van der Waals surface area contributed by atoms with Crippen LogP contribution in [0.1, 0.15) is 15.6 Å². The van der Waals surface area contributed by atoms with Crippen molar-refractivity contribution in [3.63, 3.8) is 0 Å². The molecule has 2 rings (SSSR count). The number of hydrogen-bond donors (Lipinski definition) is 1. The molecule has 0 saturated carbocycles. The molecule has 5 heteroatoms. The molecule has 1 aliphatic rings. The number of thiazole rings is 1. The van der Waals surface area contributed by atoms with Gasteiger partial charge in [-0.25, -0.2) is 4.98 Å². The van der Waals surface area contributed by atoms with Crippen LogP contribution in [0.2, 0.25) is 0 Å². The van der Waals surface area contributed by atoms with E-state index in [4.69, 9.17) is 5.26 Å². The van der Waals surface area contributed by atoms with Crippen molar-refractivity contribution in [2.75, 3.05) is 6.54 Å². The second kappa shape index (κ2) is 3.85. The van der Waals surface area contributed by atoms with Crippen molar-refractivity contribution < 1.29 is 0 Å². The van der Waals surface area contributed by atoms with Gasteiger partial charge in [-0.2, -0.15) is 5.26 Å². The number of hydrogen-bond acceptors (Lipinski definition) is 4. The molecular weight excluding hydrogens is 194 g/mol. The van der Waals surface area contributed by atoms with Gasteiger partial charge < -0.3 is 5.32 Å². The van der Waals surface area contributed by atoms with E-state index in [0.29, 0.717) is 5.01 Å². The Balaban J connectivity index is 0.000000720. The van der Waals surface area contributed by atoms with Crippen LogP contribution in [-0.2, 0) is 13.0 Å². The number of aromatic nitrogens is 1. The Morgan fingerprint density at radius 3 is 3.08 bits per heavy atom. The predicted octanol–water partition coefficient (Wildman–Crippen LogP) is 1.08. The van der Waals surface area contributed by atoms with E-state index in [0.717, 1.165) is 25.2 Å². The summed E-state index contributed by atoms with van der Waals surface area (Å²) in [7, 11) is 0. The molecule has 0 unspecified atom stereocenters. The summed E-state index contributed by atoms with van der Waals surface area (Å²) in [5.74, 6) is 0. The standard InChI is InChI=1S/C7H7N3S.ClH/c8-3-7-10-5-1-2-9-4-6(5)11-7;/h9H,1-2,4H2;1H.